The summed E-state index contributed by atoms with van der Waals surface area (Å²) in [6.45, 7) is 18.0. The van der Waals surface area contributed by atoms with Crippen LogP contribution in [0.3, 0.4) is 0 Å². The first-order valence-corrected chi connectivity index (χ1v) is 9.57. The van der Waals surface area contributed by atoms with Crippen molar-refractivity contribution in [2.75, 3.05) is 33.3 Å². The molecule has 0 aromatic heterocycles. The van der Waals surface area contributed by atoms with Gasteiger partial charge in [-0.05, 0) is 58.0 Å². The van der Waals surface area contributed by atoms with E-state index in [9.17, 15) is 4.79 Å². The zero-order valence-electron chi connectivity index (χ0n) is 16.9. The lowest BCUT2D eigenvalue weighted by Gasteiger charge is -2.34. The third kappa shape index (κ3) is 12.5. The van der Waals surface area contributed by atoms with Crippen LogP contribution in [0.4, 0.5) is 0 Å². The Labute approximate surface area is 146 Å². The Kier molecular flexibility index (Phi) is 17.4. The fourth-order valence-electron chi connectivity index (χ4n) is 2.69. The molecular formula is C19H44N2O2. The molecule has 23 heavy (non-hydrogen) atoms. The molecular weight excluding hydrogens is 288 g/mol. The van der Waals surface area contributed by atoms with Crippen LogP contribution in [0.15, 0.2) is 0 Å². The highest BCUT2D eigenvalue weighted by Crippen LogP contribution is 2.27. The number of carbonyl (C=O) groups is 1. The summed E-state index contributed by atoms with van der Waals surface area (Å²) in [7, 11) is 1.70. The number of nitrogens with zero attached hydrogens (tertiary/aromatic N) is 1. The van der Waals surface area contributed by atoms with Crippen LogP contribution in [0, 0.1) is 11.8 Å². The van der Waals surface area contributed by atoms with E-state index < -0.39 is 0 Å². The quantitative estimate of drug-likeness (QED) is 0.760. The van der Waals surface area contributed by atoms with Crippen molar-refractivity contribution in [2.45, 2.75) is 73.8 Å². The van der Waals surface area contributed by atoms with Gasteiger partial charge in [-0.25, -0.2) is 0 Å². The summed E-state index contributed by atoms with van der Waals surface area (Å²) >= 11 is 0. The third-order valence-electron chi connectivity index (χ3n) is 4.11. The summed E-state index contributed by atoms with van der Waals surface area (Å²) < 4.78 is 5.63. The molecule has 142 valence electrons. The number of rotatable bonds is 7. The second-order valence-corrected chi connectivity index (χ2v) is 5.97. The third-order valence-corrected chi connectivity index (χ3v) is 4.11. The lowest BCUT2D eigenvalue weighted by Crippen LogP contribution is -2.41. The van der Waals surface area contributed by atoms with Crippen molar-refractivity contribution in [3.05, 3.63) is 0 Å². The number of likely N-dealkylation sites (N-methyl/N-ethyl adjacent to an activating group) is 1. The highest BCUT2D eigenvalue weighted by atomic mass is 16.5. The molecule has 1 unspecified atom stereocenters. The van der Waals surface area contributed by atoms with Gasteiger partial charge in [-0.1, -0.05) is 34.6 Å². The highest BCUT2D eigenvalue weighted by molar-refractivity contribution is 5.77. The van der Waals surface area contributed by atoms with Gasteiger partial charge in [0, 0.05) is 15.1 Å². The Morgan fingerprint density at radius 3 is 2.13 bits per heavy atom. The second-order valence-electron chi connectivity index (χ2n) is 5.97. The van der Waals surface area contributed by atoms with Crippen molar-refractivity contribution < 1.29 is 11.0 Å². The minimum absolute atomic E-state index is 0. The number of hydrogen-bond acceptors (Lipinski definition) is 3. The van der Waals surface area contributed by atoms with E-state index in [-0.39, 0.29) is 7.33 Å². The normalized spacial score (nSPS) is 16.7. The van der Waals surface area contributed by atoms with Gasteiger partial charge in [0.25, 0.3) is 0 Å². The molecule has 4 nitrogen and oxygen atoms in total. The van der Waals surface area contributed by atoms with E-state index in [0.717, 1.165) is 38.0 Å². The Hall–Kier alpha value is -0.610. The van der Waals surface area contributed by atoms with Crippen LogP contribution >= 0.6 is 0 Å². The Morgan fingerprint density at radius 1 is 1.17 bits per heavy atom. The molecule has 0 saturated carbocycles. The van der Waals surface area contributed by atoms with Crippen LogP contribution in [0.1, 0.15) is 69.2 Å². The van der Waals surface area contributed by atoms with Gasteiger partial charge >= 0.3 is 0 Å². The van der Waals surface area contributed by atoms with E-state index >= 15 is 0 Å². The van der Waals surface area contributed by atoms with Gasteiger partial charge in [0.2, 0.25) is 5.91 Å². The molecule has 1 N–H and O–H groups in total. The van der Waals surface area contributed by atoms with Crippen LogP contribution in [-0.2, 0) is 9.53 Å². The monoisotopic (exact) mass is 332 g/mol. The van der Waals surface area contributed by atoms with E-state index in [2.05, 4.69) is 31.0 Å². The lowest BCUT2D eigenvalue weighted by molar-refractivity contribution is -0.122. The summed E-state index contributed by atoms with van der Waals surface area (Å²) in [4.78, 5) is 13.6. The van der Waals surface area contributed by atoms with Crippen LogP contribution in [0.2, 0.25) is 0 Å². The molecule has 1 fully saturated rings. The number of ether oxygens (including phenoxy) is 1. The summed E-state index contributed by atoms with van der Waals surface area (Å²) in [5.41, 5.74) is 0. The maximum Gasteiger partial charge on any atom is 0.233 e. The topological polar surface area (TPSA) is 41.6 Å². The average molecular weight is 333 g/mol. The van der Waals surface area contributed by atoms with Gasteiger partial charge in [-0.3, -0.25) is 9.69 Å². The van der Waals surface area contributed by atoms with Gasteiger partial charge in [0.05, 0.1) is 12.6 Å². The summed E-state index contributed by atoms with van der Waals surface area (Å²) in [5, 5.41) is 2.69. The molecule has 0 aromatic rings. The largest absolute Gasteiger partial charge is 0.379 e. The SMILES string of the molecule is CC.CC.CNC(=O)CN1CCC(C(C)CCOC(C)C)CC1.[HH]. The summed E-state index contributed by atoms with van der Waals surface area (Å²) in [6.07, 6.45) is 3.90. The number of amides is 1. The smallest absolute Gasteiger partial charge is 0.233 e. The van der Waals surface area contributed by atoms with Crippen molar-refractivity contribution in [3.8, 4) is 0 Å². The van der Waals surface area contributed by atoms with Crippen LogP contribution in [0.25, 0.3) is 0 Å². The van der Waals surface area contributed by atoms with Gasteiger partial charge < -0.3 is 10.1 Å². The van der Waals surface area contributed by atoms with E-state index in [1.165, 1.54) is 12.8 Å². The summed E-state index contributed by atoms with van der Waals surface area (Å²) in [6, 6.07) is 0. The van der Waals surface area contributed by atoms with E-state index in [0.29, 0.717) is 12.6 Å². The molecule has 1 aliphatic heterocycles. The average Bonchev–Trinajstić information content (AvgIpc) is 2.58. The predicted octanol–water partition coefficient (Wildman–Crippen LogP) is 4.19. The number of piperidine rings is 1. The van der Waals surface area contributed by atoms with Crippen molar-refractivity contribution in [1.29, 1.82) is 0 Å². The molecule has 0 aromatic carbocycles. The second kappa shape index (κ2) is 16.3. The zero-order valence-corrected chi connectivity index (χ0v) is 16.9. The molecule has 0 radical (unpaired) electrons. The van der Waals surface area contributed by atoms with Crippen molar-refractivity contribution in [2.24, 2.45) is 11.8 Å². The fraction of sp³-hybridized carbons (Fsp3) is 0.947. The van der Waals surface area contributed by atoms with E-state index in [1.807, 2.05) is 27.7 Å². The minimum Gasteiger partial charge on any atom is -0.379 e. The molecule has 0 aliphatic carbocycles. The molecule has 1 aliphatic rings. The molecule has 1 amide bonds. The van der Waals surface area contributed by atoms with Gasteiger partial charge in [-0.15, -0.1) is 0 Å². The molecule has 4 heteroatoms. The van der Waals surface area contributed by atoms with Crippen LogP contribution in [0.5, 0.6) is 0 Å². The van der Waals surface area contributed by atoms with Gasteiger partial charge in [-0.2, -0.15) is 0 Å². The number of hydrogen-bond donors (Lipinski definition) is 1. The first kappa shape index (κ1) is 24.6. The Balaban J connectivity index is -0.000000817. The molecule has 1 saturated heterocycles. The predicted molar refractivity (Wildman–Crippen MR) is 103 cm³/mol. The van der Waals surface area contributed by atoms with Gasteiger partial charge in [0.15, 0.2) is 0 Å². The number of nitrogens with one attached hydrogen (secondary N) is 1. The van der Waals surface area contributed by atoms with Crippen LogP contribution < -0.4 is 5.32 Å². The van der Waals surface area contributed by atoms with Crippen molar-refractivity contribution in [3.63, 3.8) is 0 Å². The molecule has 1 atom stereocenters. The molecule has 0 bridgehead atoms. The van der Waals surface area contributed by atoms with Gasteiger partial charge in [0.1, 0.15) is 0 Å². The first-order valence-electron chi connectivity index (χ1n) is 9.57. The van der Waals surface area contributed by atoms with Crippen LogP contribution in [-0.4, -0.2) is 50.2 Å². The minimum atomic E-state index is 0. The van der Waals surface area contributed by atoms with Crippen molar-refractivity contribution >= 4 is 5.91 Å². The molecule has 1 rings (SSSR count). The number of likely N-dealkylation sites (tertiary alicyclic amines) is 1. The maximum absolute atomic E-state index is 11.3. The number of carbonyl (C=O) groups excluding carboxylic acids is 1. The van der Waals surface area contributed by atoms with E-state index in [4.69, 9.17) is 4.74 Å². The van der Waals surface area contributed by atoms with E-state index in [1.54, 1.807) is 7.05 Å². The standard InChI is InChI=1S/C15H30N2O2.2C2H6.H2/c1-12(2)19-10-7-13(3)14-5-8-17(9-6-14)11-15(18)16-4;2*1-2;/h12-14H,5-11H2,1-4H3,(H,16,18);2*1-2H3;1H. The summed E-state index contributed by atoms with van der Waals surface area (Å²) in [5.74, 6) is 1.63. The fourth-order valence-corrected chi connectivity index (χ4v) is 2.69. The Bertz CT molecular complexity index is 268. The highest BCUT2D eigenvalue weighted by Gasteiger charge is 2.24. The zero-order chi connectivity index (χ0) is 18.3. The van der Waals surface area contributed by atoms with Crippen molar-refractivity contribution in [1.82, 2.24) is 10.2 Å². The molecule has 0 spiro atoms. The molecule has 1 heterocycles. The first-order chi connectivity index (χ1) is 11.0. The Morgan fingerprint density at radius 2 is 1.70 bits per heavy atom. The maximum atomic E-state index is 11.3. The lowest BCUT2D eigenvalue weighted by atomic mass is 9.84.